The lowest BCUT2D eigenvalue weighted by Crippen LogP contribution is -2.48. The van der Waals surface area contributed by atoms with Gasteiger partial charge in [-0.3, -0.25) is 4.79 Å². The third-order valence-electron chi connectivity index (χ3n) is 2.64. The van der Waals surface area contributed by atoms with E-state index in [-0.39, 0.29) is 36.1 Å². The van der Waals surface area contributed by atoms with Crippen molar-refractivity contribution in [2.24, 2.45) is 11.1 Å². The summed E-state index contributed by atoms with van der Waals surface area (Å²) in [5.74, 6) is -0.0245. The van der Waals surface area contributed by atoms with E-state index < -0.39 is 6.04 Å². The Bertz CT molecular complexity index is 404. The Morgan fingerprint density at radius 3 is 2.37 bits per heavy atom. The molecule has 0 saturated heterocycles. The highest BCUT2D eigenvalue weighted by Crippen LogP contribution is 2.20. The second-order valence-electron chi connectivity index (χ2n) is 5.38. The molecule has 0 bridgehead atoms. The maximum atomic E-state index is 12.1. The van der Waals surface area contributed by atoms with Gasteiger partial charge in [-0.2, -0.15) is 0 Å². The summed E-state index contributed by atoms with van der Waals surface area (Å²) in [5.41, 5.74) is 5.74. The van der Waals surface area contributed by atoms with Crippen LogP contribution in [0.1, 0.15) is 30.7 Å². The molecule has 0 aliphatic heterocycles. The zero-order valence-corrected chi connectivity index (χ0v) is 14.4. The van der Waals surface area contributed by atoms with Crippen molar-refractivity contribution in [3.05, 3.63) is 16.1 Å². The van der Waals surface area contributed by atoms with Crippen LogP contribution < -0.4 is 5.73 Å². The van der Waals surface area contributed by atoms with Gasteiger partial charge in [-0.05, 0) is 12.3 Å². The first-order valence-corrected chi connectivity index (χ1v) is 6.45. The number of hydrogen-bond acceptors (Lipinski definition) is 4. The van der Waals surface area contributed by atoms with E-state index >= 15 is 0 Å². The lowest BCUT2D eigenvalue weighted by atomic mass is 9.86. The van der Waals surface area contributed by atoms with Gasteiger partial charge in [0, 0.05) is 18.1 Å². The fraction of sp³-hybridized carbons (Fsp3) is 0.667. The van der Waals surface area contributed by atoms with Crippen molar-refractivity contribution in [3.8, 4) is 0 Å². The summed E-state index contributed by atoms with van der Waals surface area (Å²) in [7, 11) is 1.78. The fourth-order valence-corrected chi connectivity index (χ4v) is 2.25. The number of amides is 1. The van der Waals surface area contributed by atoms with Crippen LogP contribution >= 0.6 is 36.2 Å². The first-order valence-electron chi connectivity index (χ1n) is 5.63. The molecular weight excluding hydrogens is 305 g/mol. The van der Waals surface area contributed by atoms with Crippen LogP contribution in [0.25, 0.3) is 0 Å². The number of aryl methyl sites for hydroxylation is 1. The van der Waals surface area contributed by atoms with E-state index in [0.29, 0.717) is 6.54 Å². The molecule has 1 atom stereocenters. The molecule has 1 aromatic rings. The molecule has 4 nitrogen and oxygen atoms in total. The molecule has 2 N–H and O–H groups in total. The van der Waals surface area contributed by atoms with Crippen molar-refractivity contribution in [1.82, 2.24) is 9.88 Å². The van der Waals surface area contributed by atoms with Crippen LogP contribution in [0.15, 0.2) is 6.20 Å². The Morgan fingerprint density at radius 1 is 1.47 bits per heavy atom. The third kappa shape index (κ3) is 6.08. The van der Waals surface area contributed by atoms with Crippen molar-refractivity contribution in [1.29, 1.82) is 0 Å². The summed E-state index contributed by atoms with van der Waals surface area (Å²) in [6.07, 6.45) is 1.81. The first kappa shape index (κ1) is 20.9. The van der Waals surface area contributed by atoms with E-state index in [1.54, 1.807) is 23.3 Å². The molecule has 1 amide bonds. The van der Waals surface area contributed by atoms with Crippen molar-refractivity contribution in [2.45, 2.75) is 40.3 Å². The summed E-state index contributed by atoms with van der Waals surface area (Å²) in [5, 5.41) is 1.01. The van der Waals surface area contributed by atoms with Gasteiger partial charge < -0.3 is 10.6 Å². The third-order valence-corrected chi connectivity index (χ3v) is 3.53. The van der Waals surface area contributed by atoms with E-state index in [9.17, 15) is 4.79 Å². The second kappa shape index (κ2) is 8.04. The number of likely N-dealkylation sites (N-methyl/N-ethyl adjacent to an activating group) is 1. The van der Waals surface area contributed by atoms with E-state index in [4.69, 9.17) is 5.73 Å². The van der Waals surface area contributed by atoms with E-state index in [1.165, 1.54) is 0 Å². The fourth-order valence-electron chi connectivity index (χ4n) is 1.40. The molecule has 0 saturated carbocycles. The Labute approximate surface area is 131 Å². The van der Waals surface area contributed by atoms with Crippen molar-refractivity contribution >= 4 is 42.1 Å². The highest BCUT2D eigenvalue weighted by Gasteiger charge is 2.29. The number of carbonyl (C=O) groups excluding carboxylic acids is 1. The molecule has 0 aliphatic carbocycles. The number of carbonyl (C=O) groups is 1. The van der Waals surface area contributed by atoms with Crippen LogP contribution in [0.2, 0.25) is 0 Å². The molecular formula is C12H23Cl2N3OS. The molecule has 19 heavy (non-hydrogen) atoms. The zero-order chi connectivity index (χ0) is 13.2. The van der Waals surface area contributed by atoms with Gasteiger partial charge in [-0.25, -0.2) is 4.98 Å². The molecule has 0 radical (unpaired) electrons. The van der Waals surface area contributed by atoms with E-state index in [2.05, 4.69) is 4.98 Å². The Morgan fingerprint density at radius 2 is 2.00 bits per heavy atom. The standard InChI is InChI=1S/C12H21N3OS.2ClH/c1-8-14-6-9(17-8)7-15(5)11(16)10(13)12(2,3)4;;/h6,10H,7,13H2,1-5H3;2*1H/t10-;;/m1../s1. The average molecular weight is 328 g/mol. The number of nitrogens with zero attached hydrogens (tertiary/aromatic N) is 2. The quantitative estimate of drug-likeness (QED) is 0.928. The number of halogens is 2. The Kier molecular flexibility index (Phi) is 8.87. The van der Waals surface area contributed by atoms with Gasteiger partial charge in [0.1, 0.15) is 0 Å². The normalized spacial score (nSPS) is 12.1. The largest absolute Gasteiger partial charge is 0.339 e. The number of rotatable bonds is 3. The maximum Gasteiger partial charge on any atom is 0.240 e. The van der Waals surface area contributed by atoms with Crippen LogP contribution in [-0.2, 0) is 11.3 Å². The minimum atomic E-state index is -0.471. The molecule has 0 spiro atoms. The van der Waals surface area contributed by atoms with Crippen LogP contribution in [0.5, 0.6) is 0 Å². The summed E-state index contributed by atoms with van der Waals surface area (Å²) >= 11 is 1.61. The summed E-state index contributed by atoms with van der Waals surface area (Å²) in [4.78, 5) is 19.0. The SMILES string of the molecule is Cc1ncc(CN(C)C(=O)[C@@H](N)C(C)(C)C)s1.Cl.Cl. The van der Waals surface area contributed by atoms with Gasteiger partial charge in [0.15, 0.2) is 0 Å². The molecule has 0 fully saturated rings. The van der Waals surface area contributed by atoms with Crippen LogP contribution in [0.4, 0.5) is 0 Å². The highest BCUT2D eigenvalue weighted by molar-refractivity contribution is 7.11. The molecule has 112 valence electrons. The smallest absolute Gasteiger partial charge is 0.240 e. The Hall–Kier alpha value is -0.360. The summed E-state index contributed by atoms with van der Waals surface area (Å²) in [6, 6.07) is -0.471. The predicted octanol–water partition coefficient (Wildman–Crippen LogP) is 2.63. The molecule has 0 aromatic carbocycles. The lowest BCUT2D eigenvalue weighted by Gasteiger charge is -2.29. The van der Waals surface area contributed by atoms with Gasteiger partial charge >= 0.3 is 0 Å². The molecule has 0 unspecified atom stereocenters. The average Bonchev–Trinajstić information content (AvgIpc) is 2.60. The minimum Gasteiger partial charge on any atom is -0.339 e. The lowest BCUT2D eigenvalue weighted by molar-refractivity contribution is -0.134. The van der Waals surface area contributed by atoms with Crippen LogP contribution in [-0.4, -0.2) is 28.9 Å². The molecule has 7 heteroatoms. The molecule has 1 heterocycles. The van der Waals surface area contributed by atoms with Crippen LogP contribution in [0.3, 0.4) is 0 Å². The highest BCUT2D eigenvalue weighted by atomic mass is 35.5. The predicted molar refractivity (Wildman–Crippen MR) is 85.3 cm³/mol. The molecule has 1 rings (SSSR count). The maximum absolute atomic E-state index is 12.1. The molecule has 0 aliphatic rings. The molecule has 1 aromatic heterocycles. The topological polar surface area (TPSA) is 59.2 Å². The van der Waals surface area contributed by atoms with Crippen molar-refractivity contribution in [2.75, 3.05) is 7.05 Å². The monoisotopic (exact) mass is 327 g/mol. The van der Waals surface area contributed by atoms with Crippen molar-refractivity contribution in [3.63, 3.8) is 0 Å². The van der Waals surface area contributed by atoms with E-state index in [0.717, 1.165) is 9.88 Å². The number of aromatic nitrogens is 1. The summed E-state index contributed by atoms with van der Waals surface area (Å²) in [6.45, 7) is 8.45. The van der Waals surface area contributed by atoms with Gasteiger partial charge in [0.2, 0.25) is 5.91 Å². The number of thiazole rings is 1. The number of hydrogen-bond donors (Lipinski definition) is 1. The van der Waals surface area contributed by atoms with Crippen LogP contribution in [0, 0.1) is 12.3 Å². The zero-order valence-electron chi connectivity index (χ0n) is 12.0. The van der Waals surface area contributed by atoms with Crippen molar-refractivity contribution < 1.29 is 4.79 Å². The summed E-state index contributed by atoms with van der Waals surface area (Å²) < 4.78 is 0. The Balaban J connectivity index is 0. The number of nitrogens with two attached hydrogens (primary N) is 1. The van der Waals surface area contributed by atoms with Gasteiger partial charge in [0.25, 0.3) is 0 Å². The minimum absolute atomic E-state index is 0. The van der Waals surface area contributed by atoms with E-state index in [1.807, 2.05) is 33.9 Å². The van der Waals surface area contributed by atoms with Gasteiger partial charge in [-0.1, -0.05) is 20.8 Å². The van der Waals surface area contributed by atoms with Gasteiger partial charge in [-0.15, -0.1) is 36.2 Å². The second-order valence-corrected chi connectivity index (χ2v) is 6.70. The van der Waals surface area contributed by atoms with Gasteiger partial charge in [0.05, 0.1) is 17.6 Å². The first-order chi connectivity index (χ1) is 7.71.